The van der Waals surface area contributed by atoms with E-state index in [9.17, 15) is 14.9 Å². The Morgan fingerprint density at radius 1 is 1.10 bits per heavy atom. The average Bonchev–Trinajstić information content (AvgIpc) is 2.46. The summed E-state index contributed by atoms with van der Waals surface area (Å²) in [7, 11) is 1.56. The summed E-state index contributed by atoms with van der Waals surface area (Å²) in [5.74, 6) is 0.520. The van der Waals surface area contributed by atoms with Crippen LogP contribution >= 0.6 is 0 Å². The lowest BCUT2D eigenvalue weighted by Gasteiger charge is -2.09. The fourth-order valence-corrected chi connectivity index (χ4v) is 2.29. The summed E-state index contributed by atoms with van der Waals surface area (Å²) in [6.07, 6.45) is 0. The number of hydrogen-bond donors (Lipinski definition) is 0. The van der Waals surface area contributed by atoms with Gasteiger partial charge in [-0.3, -0.25) is 14.9 Å². The molecule has 2 aromatic carbocycles. The van der Waals surface area contributed by atoms with Gasteiger partial charge in [0.05, 0.1) is 12.0 Å². The minimum Gasteiger partial charge on any atom is -0.497 e. The normalized spacial score (nSPS) is 10.2. The maximum absolute atomic E-state index is 12.6. The summed E-state index contributed by atoms with van der Waals surface area (Å²) >= 11 is 0. The second-order valence-corrected chi connectivity index (χ2v) is 4.77. The maximum Gasteiger partial charge on any atom is 0.270 e. The van der Waals surface area contributed by atoms with Gasteiger partial charge in [-0.2, -0.15) is 0 Å². The molecule has 2 aromatic rings. The first kappa shape index (κ1) is 14.7. The van der Waals surface area contributed by atoms with Crippen LogP contribution in [0.1, 0.15) is 27.0 Å². The molecule has 0 bridgehead atoms. The van der Waals surface area contributed by atoms with Gasteiger partial charge >= 0.3 is 0 Å². The molecule has 0 saturated heterocycles. The molecule has 0 aromatic heterocycles. The van der Waals surface area contributed by atoms with E-state index in [4.69, 9.17) is 4.74 Å². The van der Waals surface area contributed by atoms with Crippen LogP contribution in [0.4, 0.5) is 5.69 Å². The Hall–Kier alpha value is -2.69. The van der Waals surface area contributed by atoms with Gasteiger partial charge < -0.3 is 4.74 Å². The summed E-state index contributed by atoms with van der Waals surface area (Å²) in [5.41, 5.74) is 2.22. The van der Waals surface area contributed by atoms with Gasteiger partial charge in [0.25, 0.3) is 5.69 Å². The molecule has 108 valence electrons. The zero-order chi connectivity index (χ0) is 15.6. The van der Waals surface area contributed by atoms with Gasteiger partial charge in [-0.1, -0.05) is 0 Å². The quantitative estimate of drug-likeness (QED) is 0.490. The van der Waals surface area contributed by atoms with Crippen LogP contribution in [-0.2, 0) is 0 Å². The molecule has 0 aliphatic carbocycles. The number of methoxy groups -OCH3 is 1. The highest BCUT2D eigenvalue weighted by atomic mass is 16.6. The molecule has 0 saturated carbocycles. The van der Waals surface area contributed by atoms with Gasteiger partial charge in [-0.05, 0) is 49.2 Å². The van der Waals surface area contributed by atoms with E-state index in [2.05, 4.69) is 0 Å². The van der Waals surface area contributed by atoms with Crippen molar-refractivity contribution in [3.05, 3.63) is 68.8 Å². The second kappa shape index (κ2) is 5.75. The fourth-order valence-electron chi connectivity index (χ4n) is 2.29. The van der Waals surface area contributed by atoms with E-state index in [1.54, 1.807) is 45.2 Å². The van der Waals surface area contributed by atoms with Crippen LogP contribution in [0.25, 0.3) is 0 Å². The van der Waals surface area contributed by atoms with Crippen molar-refractivity contribution in [3.8, 4) is 5.75 Å². The summed E-state index contributed by atoms with van der Waals surface area (Å²) < 4.78 is 5.06. The van der Waals surface area contributed by atoms with Crippen molar-refractivity contribution in [1.82, 2.24) is 0 Å². The third-order valence-corrected chi connectivity index (χ3v) is 3.31. The smallest absolute Gasteiger partial charge is 0.270 e. The van der Waals surface area contributed by atoms with Gasteiger partial charge in [0.2, 0.25) is 0 Å². The van der Waals surface area contributed by atoms with Crippen LogP contribution < -0.4 is 4.74 Å². The van der Waals surface area contributed by atoms with Crippen molar-refractivity contribution in [3.63, 3.8) is 0 Å². The van der Waals surface area contributed by atoms with Crippen LogP contribution in [-0.4, -0.2) is 17.8 Å². The van der Waals surface area contributed by atoms with E-state index >= 15 is 0 Å². The number of hydrogen-bond acceptors (Lipinski definition) is 4. The lowest BCUT2D eigenvalue weighted by molar-refractivity contribution is -0.384. The Morgan fingerprint density at radius 2 is 1.62 bits per heavy atom. The Labute approximate surface area is 122 Å². The molecule has 0 radical (unpaired) electrons. The molecular weight excluding hydrogens is 270 g/mol. The Balaban J connectivity index is 2.45. The molecule has 0 aliphatic heterocycles. The SMILES string of the molecule is COc1ccc(C(=O)c2c(C)cc([N+](=O)[O-])cc2C)cc1. The predicted octanol–water partition coefficient (Wildman–Crippen LogP) is 3.45. The van der Waals surface area contributed by atoms with E-state index < -0.39 is 4.92 Å². The predicted molar refractivity (Wildman–Crippen MR) is 79.0 cm³/mol. The van der Waals surface area contributed by atoms with E-state index in [1.807, 2.05) is 0 Å². The number of nitro benzene ring substituents is 1. The fraction of sp³-hybridized carbons (Fsp3) is 0.188. The Morgan fingerprint density at radius 3 is 2.05 bits per heavy atom. The van der Waals surface area contributed by atoms with Gasteiger partial charge in [-0.15, -0.1) is 0 Å². The summed E-state index contributed by atoms with van der Waals surface area (Å²) in [6.45, 7) is 3.41. The number of carbonyl (C=O) groups is 1. The molecular formula is C16H15NO4. The topological polar surface area (TPSA) is 69.4 Å². The third-order valence-electron chi connectivity index (χ3n) is 3.31. The highest BCUT2D eigenvalue weighted by molar-refractivity contribution is 6.11. The van der Waals surface area contributed by atoms with Crippen molar-refractivity contribution in [2.75, 3.05) is 7.11 Å². The minimum atomic E-state index is -0.457. The van der Waals surface area contributed by atoms with E-state index in [0.29, 0.717) is 28.0 Å². The van der Waals surface area contributed by atoms with Gasteiger partial charge in [0.1, 0.15) is 5.75 Å². The molecule has 0 spiro atoms. The standard InChI is InChI=1S/C16H15NO4/c1-10-8-13(17(19)20)9-11(2)15(10)16(18)12-4-6-14(21-3)7-5-12/h4-9H,1-3H3. The first-order chi connectivity index (χ1) is 9.93. The second-order valence-electron chi connectivity index (χ2n) is 4.77. The summed E-state index contributed by atoms with van der Waals surface area (Å²) in [6, 6.07) is 9.63. The molecule has 0 atom stereocenters. The highest BCUT2D eigenvalue weighted by Gasteiger charge is 2.18. The zero-order valence-corrected chi connectivity index (χ0v) is 12.0. The first-order valence-electron chi connectivity index (χ1n) is 6.38. The average molecular weight is 285 g/mol. The number of rotatable bonds is 4. The van der Waals surface area contributed by atoms with E-state index in [0.717, 1.165) is 0 Å². The summed E-state index contributed by atoms with van der Waals surface area (Å²) in [4.78, 5) is 22.9. The molecule has 0 amide bonds. The van der Waals surface area contributed by atoms with Gasteiger partial charge in [0, 0.05) is 23.3 Å². The number of aryl methyl sites for hydroxylation is 2. The number of ether oxygens (including phenoxy) is 1. The lowest BCUT2D eigenvalue weighted by Crippen LogP contribution is -2.07. The van der Waals surface area contributed by atoms with Crippen LogP contribution in [0, 0.1) is 24.0 Å². The van der Waals surface area contributed by atoms with Crippen molar-refractivity contribution in [1.29, 1.82) is 0 Å². The molecule has 2 rings (SSSR count). The molecule has 0 aliphatic rings. The van der Waals surface area contributed by atoms with Crippen LogP contribution in [0.3, 0.4) is 0 Å². The monoisotopic (exact) mass is 285 g/mol. The van der Waals surface area contributed by atoms with Crippen molar-refractivity contribution >= 4 is 11.5 Å². The third kappa shape index (κ3) is 2.91. The zero-order valence-electron chi connectivity index (χ0n) is 12.0. The largest absolute Gasteiger partial charge is 0.497 e. The van der Waals surface area contributed by atoms with E-state index in [-0.39, 0.29) is 11.5 Å². The number of ketones is 1. The number of nitro groups is 1. The Bertz CT molecular complexity index is 682. The summed E-state index contributed by atoms with van der Waals surface area (Å²) in [5, 5.41) is 10.8. The van der Waals surface area contributed by atoms with Crippen molar-refractivity contribution in [2.24, 2.45) is 0 Å². The molecule has 5 nitrogen and oxygen atoms in total. The first-order valence-corrected chi connectivity index (χ1v) is 6.38. The lowest BCUT2D eigenvalue weighted by atomic mass is 9.94. The minimum absolute atomic E-state index is 0.00344. The maximum atomic E-state index is 12.6. The van der Waals surface area contributed by atoms with Crippen molar-refractivity contribution < 1.29 is 14.5 Å². The Kier molecular flexibility index (Phi) is 4.03. The van der Waals surface area contributed by atoms with Crippen LogP contribution in [0.15, 0.2) is 36.4 Å². The number of carbonyl (C=O) groups excluding carboxylic acids is 1. The molecule has 21 heavy (non-hydrogen) atoms. The number of nitrogens with zero attached hydrogens (tertiary/aromatic N) is 1. The number of non-ortho nitro benzene ring substituents is 1. The van der Waals surface area contributed by atoms with Crippen LogP contribution in [0.5, 0.6) is 5.75 Å². The molecule has 0 fully saturated rings. The van der Waals surface area contributed by atoms with Crippen molar-refractivity contribution in [2.45, 2.75) is 13.8 Å². The molecule has 5 heteroatoms. The van der Waals surface area contributed by atoms with Crippen LogP contribution in [0.2, 0.25) is 0 Å². The molecule has 0 unspecified atom stereocenters. The van der Waals surface area contributed by atoms with Gasteiger partial charge in [0.15, 0.2) is 5.78 Å². The van der Waals surface area contributed by atoms with Gasteiger partial charge in [-0.25, -0.2) is 0 Å². The molecule has 0 N–H and O–H groups in total. The van der Waals surface area contributed by atoms with E-state index in [1.165, 1.54) is 12.1 Å². The number of benzene rings is 2. The molecule has 0 heterocycles. The highest BCUT2D eigenvalue weighted by Crippen LogP contribution is 2.24.